The van der Waals surface area contributed by atoms with E-state index in [0.717, 1.165) is 30.8 Å². The number of hydrogen-bond donors (Lipinski definition) is 0. The van der Waals surface area contributed by atoms with E-state index < -0.39 is 5.82 Å². The minimum absolute atomic E-state index is 0.0428. The Kier molecular flexibility index (Phi) is 5.57. The highest BCUT2D eigenvalue weighted by Crippen LogP contribution is 2.35. The second kappa shape index (κ2) is 8.30. The highest BCUT2D eigenvalue weighted by molar-refractivity contribution is 6.35. The normalized spacial score (nSPS) is 16.9. The molecule has 2 aromatic carbocycles. The lowest BCUT2D eigenvalue weighted by Gasteiger charge is -2.20. The smallest absolute Gasteiger partial charge is 0.278 e. The van der Waals surface area contributed by atoms with Gasteiger partial charge in [0.05, 0.1) is 18.2 Å². The second-order valence-electron chi connectivity index (χ2n) is 7.90. The number of halogens is 1. The number of likely N-dealkylation sites (tertiary alicyclic amines) is 1. The van der Waals surface area contributed by atoms with Crippen LogP contribution in [0.3, 0.4) is 0 Å². The minimum Gasteiger partial charge on any atom is -0.491 e. The van der Waals surface area contributed by atoms with E-state index in [2.05, 4.69) is 0 Å². The number of benzene rings is 2. The quantitative estimate of drug-likeness (QED) is 0.679. The SMILES string of the molecule is CC(C)Oc1ccc(C2=C(N3CCCC3)C(=O)N(Cc3ccccc3F)C2=O)cc1. The molecule has 0 spiro atoms. The van der Waals surface area contributed by atoms with Gasteiger partial charge in [0.15, 0.2) is 0 Å². The molecule has 0 aromatic heterocycles. The van der Waals surface area contributed by atoms with Crippen molar-refractivity contribution >= 4 is 17.4 Å². The molecule has 1 fully saturated rings. The average Bonchev–Trinajstić information content (AvgIpc) is 3.32. The summed E-state index contributed by atoms with van der Waals surface area (Å²) in [5.74, 6) is -0.466. The third kappa shape index (κ3) is 3.82. The Hall–Kier alpha value is -3.15. The van der Waals surface area contributed by atoms with E-state index in [-0.39, 0.29) is 24.5 Å². The van der Waals surface area contributed by atoms with Crippen LogP contribution in [-0.2, 0) is 16.1 Å². The molecular weight excluding hydrogens is 383 g/mol. The Morgan fingerprint density at radius 1 is 0.967 bits per heavy atom. The molecule has 5 nitrogen and oxygen atoms in total. The molecular formula is C24H25FN2O3. The third-order valence-corrected chi connectivity index (χ3v) is 5.37. The maximum atomic E-state index is 14.2. The van der Waals surface area contributed by atoms with Crippen LogP contribution in [-0.4, -0.2) is 40.8 Å². The van der Waals surface area contributed by atoms with Gasteiger partial charge in [-0.2, -0.15) is 0 Å². The summed E-state index contributed by atoms with van der Waals surface area (Å²) in [6, 6.07) is 13.5. The van der Waals surface area contributed by atoms with E-state index >= 15 is 0 Å². The lowest BCUT2D eigenvalue weighted by molar-refractivity contribution is -0.138. The lowest BCUT2D eigenvalue weighted by Crippen LogP contribution is -2.34. The van der Waals surface area contributed by atoms with Gasteiger partial charge in [-0.05, 0) is 50.5 Å². The van der Waals surface area contributed by atoms with Crippen LogP contribution in [0, 0.1) is 5.82 Å². The third-order valence-electron chi connectivity index (χ3n) is 5.37. The van der Waals surface area contributed by atoms with Gasteiger partial charge in [0.25, 0.3) is 11.8 Å². The largest absolute Gasteiger partial charge is 0.491 e. The van der Waals surface area contributed by atoms with Gasteiger partial charge in [0.1, 0.15) is 17.3 Å². The summed E-state index contributed by atoms with van der Waals surface area (Å²) in [4.78, 5) is 29.7. The maximum Gasteiger partial charge on any atom is 0.278 e. The average molecular weight is 408 g/mol. The van der Waals surface area contributed by atoms with Crippen LogP contribution in [0.15, 0.2) is 54.2 Å². The van der Waals surface area contributed by atoms with Gasteiger partial charge in [-0.1, -0.05) is 30.3 Å². The molecule has 0 aliphatic carbocycles. The summed E-state index contributed by atoms with van der Waals surface area (Å²) in [5, 5.41) is 0. The summed E-state index contributed by atoms with van der Waals surface area (Å²) < 4.78 is 19.9. The Morgan fingerprint density at radius 3 is 2.27 bits per heavy atom. The number of carbonyl (C=O) groups is 2. The molecule has 0 radical (unpaired) electrons. The molecule has 2 amide bonds. The van der Waals surface area contributed by atoms with E-state index in [1.807, 2.05) is 18.7 Å². The van der Waals surface area contributed by atoms with Crippen molar-refractivity contribution in [3.05, 3.63) is 71.2 Å². The van der Waals surface area contributed by atoms with Gasteiger partial charge < -0.3 is 9.64 Å². The Bertz CT molecular complexity index is 992. The predicted molar refractivity (Wildman–Crippen MR) is 112 cm³/mol. The van der Waals surface area contributed by atoms with Crippen LogP contribution in [0.4, 0.5) is 4.39 Å². The molecule has 0 saturated carbocycles. The van der Waals surface area contributed by atoms with Gasteiger partial charge >= 0.3 is 0 Å². The van der Waals surface area contributed by atoms with Gasteiger partial charge in [0, 0.05) is 18.7 Å². The fraction of sp³-hybridized carbons (Fsp3) is 0.333. The van der Waals surface area contributed by atoms with Crippen molar-refractivity contribution in [1.82, 2.24) is 9.80 Å². The Balaban J connectivity index is 1.70. The number of ether oxygens (including phenoxy) is 1. The zero-order valence-electron chi connectivity index (χ0n) is 17.2. The van der Waals surface area contributed by atoms with Gasteiger partial charge in [-0.3, -0.25) is 14.5 Å². The summed E-state index contributed by atoms with van der Waals surface area (Å²) in [7, 11) is 0. The first kappa shape index (κ1) is 20.1. The number of hydrogen-bond acceptors (Lipinski definition) is 4. The van der Waals surface area contributed by atoms with Gasteiger partial charge in [-0.15, -0.1) is 0 Å². The molecule has 1 saturated heterocycles. The minimum atomic E-state index is -0.426. The highest BCUT2D eigenvalue weighted by atomic mass is 19.1. The first-order valence-electron chi connectivity index (χ1n) is 10.3. The molecule has 4 rings (SSSR count). The summed E-state index contributed by atoms with van der Waals surface area (Å²) in [6.07, 6.45) is 2.00. The molecule has 156 valence electrons. The molecule has 0 N–H and O–H groups in total. The topological polar surface area (TPSA) is 49.9 Å². The molecule has 2 aliphatic heterocycles. The molecule has 0 unspecified atom stereocenters. The van der Waals surface area contributed by atoms with Crippen molar-refractivity contribution in [2.75, 3.05) is 13.1 Å². The van der Waals surface area contributed by atoms with Crippen LogP contribution in [0.5, 0.6) is 5.75 Å². The molecule has 30 heavy (non-hydrogen) atoms. The van der Waals surface area contributed by atoms with E-state index in [1.54, 1.807) is 42.5 Å². The summed E-state index contributed by atoms with van der Waals surface area (Å²) in [5.41, 5.74) is 1.80. The van der Waals surface area contributed by atoms with Crippen LogP contribution in [0.2, 0.25) is 0 Å². The lowest BCUT2D eigenvalue weighted by atomic mass is 10.0. The van der Waals surface area contributed by atoms with Crippen molar-refractivity contribution in [1.29, 1.82) is 0 Å². The zero-order valence-corrected chi connectivity index (χ0v) is 17.2. The number of rotatable bonds is 6. The standard InChI is InChI=1S/C24H25FN2O3/c1-16(2)30-19-11-9-17(10-12-19)21-22(26-13-5-6-14-26)24(29)27(23(21)28)15-18-7-3-4-8-20(18)25/h3-4,7-12,16H,5-6,13-15H2,1-2H3. The van der Waals surface area contributed by atoms with Crippen LogP contribution >= 0.6 is 0 Å². The number of carbonyl (C=O) groups excluding carboxylic acids is 2. The van der Waals surface area contributed by atoms with Crippen molar-refractivity contribution in [3.8, 4) is 5.75 Å². The molecule has 2 heterocycles. The van der Waals surface area contributed by atoms with E-state index in [9.17, 15) is 14.0 Å². The second-order valence-corrected chi connectivity index (χ2v) is 7.90. The molecule has 2 aromatic rings. The molecule has 6 heteroatoms. The fourth-order valence-electron chi connectivity index (χ4n) is 3.97. The highest BCUT2D eigenvalue weighted by Gasteiger charge is 2.42. The number of amides is 2. The van der Waals surface area contributed by atoms with Crippen molar-refractivity contribution in [3.63, 3.8) is 0 Å². The fourth-order valence-corrected chi connectivity index (χ4v) is 3.97. The van der Waals surface area contributed by atoms with Crippen molar-refractivity contribution in [2.24, 2.45) is 0 Å². The van der Waals surface area contributed by atoms with Gasteiger partial charge in [0.2, 0.25) is 0 Å². The molecule has 2 aliphatic rings. The molecule has 0 bridgehead atoms. The number of imide groups is 1. The maximum absolute atomic E-state index is 14.2. The van der Waals surface area contributed by atoms with E-state index in [4.69, 9.17) is 4.74 Å². The van der Waals surface area contributed by atoms with Crippen LogP contribution in [0.1, 0.15) is 37.8 Å². The Morgan fingerprint density at radius 2 is 1.63 bits per heavy atom. The van der Waals surface area contributed by atoms with E-state index in [0.29, 0.717) is 28.1 Å². The summed E-state index contributed by atoms with van der Waals surface area (Å²) in [6.45, 7) is 5.28. The monoisotopic (exact) mass is 408 g/mol. The van der Waals surface area contributed by atoms with Crippen LogP contribution < -0.4 is 4.74 Å². The van der Waals surface area contributed by atoms with E-state index in [1.165, 1.54) is 6.07 Å². The van der Waals surface area contributed by atoms with Crippen molar-refractivity contribution < 1.29 is 18.7 Å². The summed E-state index contributed by atoms with van der Waals surface area (Å²) >= 11 is 0. The van der Waals surface area contributed by atoms with Crippen molar-refractivity contribution in [2.45, 2.75) is 39.3 Å². The first-order chi connectivity index (χ1) is 14.5. The zero-order chi connectivity index (χ0) is 21.3. The number of nitrogens with zero attached hydrogens (tertiary/aromatic N) is 2. The molecule has 0 atom stereocenters. The Labute approximate surface area is 175 Å². The van der Waals surface area contributed by atoms with Gasteiger partial charge in [-0.25, -0.2) is 4.39 Å². The predicted octanol–water partition coefficient (Wildman–Crippen LogP) is 3.99. The first-order valence-corrected chi connectivity index (χ1v) is 10.3. The van der Waals surface area contributed by atoms with Crippen LogP contribution in [0.25, 0.3) is 5.57 Å².